The van der Waals surface area contributed by atoms with Crippen LogP contribution in [0.15, 0.2) is 23.3 Å². The number of nitrogens with one attached hydrogen (secondary N) is 1. The monoisotopic (exact) mass is 407 g/mol. The molecular weight excluding hydrogens is 386 g/mol. The second-order valence-corrected chi connectivity index (χ2v) is 9.19. The van der Waals surface area contributed by atoms with E-state index in [1.807, 2.05) is 18.2 Å². The van der Waals surface area contributed by atoms with Crippen LogP contribution < -0.4 is 14.8 Å². The quantitative estimate of drug-likeness (QED) is 0.765. The molecule has 0 aliphatic carbocycles. The van der Waals surface area contributed by atoms with Gasteiger partial charge in [0.05, 0.1) is 17.5 Å². The molecule has 1 fully saturated rings. The van der Waals surface area contributed by atoms with E-state index >= 15 is 0 Å². The van der Waals surface area contributed by atoms with E-state index < -0.39 is 15.9 Å². The van der Waals surface area contributed by atoms with Crippen molar-refractivity contribution >= 4 is 27.4 Å². The van der Waals surface area contributed by atoms with Crippen molar-refractivity contribution in [2.24, 2.45) is 5.10 Å². The van der Waals surface area contributed by atoms with Gasteiger partial charge in [-0.15, -0.1) is 0 Å². The maximum atomic E-state index is 12.6. The number of hydrogen-bond acceptors (Lipinski definition) is 7. The van der Waals surface area contributed by atoms with Gasteiger partial charge in [-0.2, -0.15) is 5.10 Å². The second kappa shape index (κ2) is 7.42. The summed E-state index contributed by atoms with van der Waals surface area (Å²) in [4.78, 5) is 24.7. The van der Waals surface area contributed by atoms with Crippen molar-refractivity contribution in [2.45, 2.75) is 31.8 Å². The third-order valence-corrected chi connectivity index (χ3v) is 6.71. The minimum absolute atomic E-state index is 0.0414. The zero-order valence-corrected chi connectivity index (χ0v) is 16.0. The van der Waals surface area contributed by atoms with Gasteiger partial charge in [-0.1, -0.05) is 12.1 Å². The number of carbonyl (C=O) groups excluding carboxylic acids is 2. The topological polar surface area (TPSA) is 114 Å². The first kappa shape index (κ1) is 18.7. The molecule has 0 bridgehead atoms. The molecule has 10 heteroatoms. The molecule has 1 unspecified atom stereocenters. The normalized spacial score (nSPS) is 23.3. The fraction of sp³-hybridized carbons (Fsp3) is 0.500. The number of nitrogens with zero attached hydrogens (tertiary/aromatic N) is 2. The Hall–Kier alpha value is -2.62. The average Bonchev–Trinajstić information content (AvgIpc) is 3.06. The van der Waals surface area contributed by atoms with Crippen LogP contribution in [0, 0.1) is 0 Å². The third-order valence-electron chi connectivity index (χ3n) is 4.96. The molecule has 1 aromatic carbocycles. The number of fused-ring (bicyclic) bond motifs is 1. The summed E-state index contributed by atoms with van der Waals surface area (Å²) in [7, 11) is -3.15. The molecule has 1 N–H and O–H groups in total. The number of rotatable bonds is 4. The third kappa shape index (κ3) is 3.82. The summed E-state index contributed by atoms with van der Waals surface area (Å²) in [5.41, 5.74) is 1.02. The number of hydrogen-bond donors (Lipinski definition) is 1. The number of carbonyl (C=O) groups is 2. The molecule has 3 heterocycles. The first-order chi connectivity index (χ1) is 13.4. The van der Waals surface area contributed by atoms with Gasteiger partial charge in [0.15, 0.2) is 21.3 Å². The Morgan fingerprint density at radius 1 is 1.25 bits per heavy atom. The highest BCUT2D eigenvalue weighted by Gasteiger charge is 2.37. The summed E-state index contributed by atoms with van der Waals surface area (Å²) < 4.78 is 34.6. The average molecular weight is 407 g/mol. The van der Waals surface area contributed by atoms with Gasteiger partial charge in [0, 0.05) is 24.9 Å². The lowest BCUT2D eigenvalue weighted by molar-refractivity contribution is -0.133. The van der Waals surface area contributed by atoms with Crippen LogP contribution in [0.5, 0.6) is 11.5 Å². The van der Waals surface area contributed by atoms with Crippen molar-refractivity contribution < 1.29 is 27.5 Å². The molecule has 3 aliphatic rings. The van der Waals surface area contributed by atoms with Gasteiger partial charge >= 0.3 is 0 Å². The zero-order chi connectivity index (χ0) is 19.7. The molecule has 3 aliphatic heterocycles. The number of benzene rings is 1. The maximum absolute atomic E-state index is 12.6. The highest BCUT2D eigenvalue weighted by Crippen LogP contribution is 2.33. The maximum Gasteiger partial charge on any atom is 0.267 e. The summed E-state index contributed by atoms with van der Waals surface area (Å²) in [6.45, 7) is 1.17. The van der Waals surface area contributed by atoms with Crippen molar-refractivity contribution in [3.63, 3.8) is 0 Å². The van der Waals surface area contributed by atoms with Crippen LogP contribution in [0.3, 0.4) is 0 Å². The number of hydrazone groups is 1. The van der Waals surface area contributed by atoms with Crippen molar-refractivity contribution in [2.75, 3.05) is 24.7 Å². The Balaban J connectivity index is 1.45. The van der Waals surface area contributed by atoms with Crippen LogP contribution in [-0.4, -0.2) is 61.7 Å². The standard InChI is InChI=1S/C18H21N3O6S/c22-16-5-4-14(20-21(16)13-6-9-28(24,25)11-13)18(23)19-10-12-2-1-3-15-17(12)27-8-7-26-15/h1-3,13H,4-11H2,(H,19,23). The molecule has 1 atom stereocenters. The van der Waals surface area contributed by atoms with E-state index in [1.54, 1.807) is 0 Å². The van der Waals surface area contributed by atoms with Gasteiger partial charge in [-0.05, 0) is 12.5 Å². The van der Waals surface area contributed by atoms with Crippen molar-refractivity contribution in [3.8, 4) is 11.5 Å². The lowest BCUT2D eigenvalue weighted by Gasteiger charge is -2.27. The van der Waals surface area contributed by atoms with E-state index in [2.05, 4.69) is 10.4 Å². The lowest BCUT2D eigenvalue weighted by Crippen LogP contribution is -2.43. The van der Waals surface area contributed by atoms with Gasteiger partial charge in [-0.3, -0.25) is 9.59 Å². The Morgan fingerprint density at radius 3 is 2.86 bits per heavy atom. The minimum atomic E-state index is -3.15. The molecule has 2 amide bonds. The first-order valence-corrected chi connectivity index (χ1v) is 11.0. The molecule has 0 spiro atoms. The number of ether oxygens (including phenoxy) is 2. The van der Waals surface area contributed by atoms with Gasteiger partial charge < -0.3 is 14.8 Å². The Labute approximate surface area is 162 Å². The molecule has 1 saturated heterocycles. The molecule has 0 saturated carbocycles. The molecule has 9 nitrogen and oxygen atoms in total. The van der Waals surface area contributed by atoms with Crippen LogP contribution in [0.1, 0.15) is 24.8 Å². The van der Waals surface area contributed by atoms with Crippen LogP contribution in [0.2, 0.25) is 0 Å². The molecule has 0 aromatic heterocycles. The SMILES string of the molecule is O=C(NCc1cccc2c1OCCO2)C1=NN(C2CCS(=O)(=O)C2)C(=O)CC1. The Bertz CT molecular complexity index is 943. The van der Waals surface area contributed by atoms with Gasteiger partial charge in [-0.25, -0.2) is 13.4 Å². The summed E-state index contributed by atoms with van der Waals surface area (Å²) >= 11 is 0. The molecule has 0 radical (unpaired) electrons. The van der Waals surface area contributed by atoms with Crippen LogP contribution >= 0.6 is 0 Å². The largest absolute Gasteiger partial charge is 0.486 e. The predicted molar refractivity (Wildman–Crippen MR) is 99.9 cm³/mol. The first-order valence-electron chi connectivity index (χ1n) is 9.18. The van der Waals surface area contributed by atoms with E-state index in [1.165, 1.54) is 5.01 Å². The number of para-hydroxylation sites is 1. The molecule has 4 rings (SSSR count). The van der Waals surface area contributed by atoms with Gasteiger partial charge in [0.1, 0.15) is 18.9 Å². The van der Waals surface area contributed by atoms with Crippen molar-refractivity contribution in [1.29, 1.82) is 0 Å². The Morgan fingerprint density at radius 2 is 2.07 bits per heavy atom. The van der Waals surface area contributed by atoms with Crippen molar-refractivity contribution in [3.05, 3.63) is 23.8 Å². The van der Waals surface area contributed by atoms with Gasteiger partial charge in [0.25, 0.3) is 5.91 Å². The fourth-order valence-electron chi connectivity index (χ4n) is 3.54. The fourth-order valence-corrected chi connectivity index (χ4v) is 5.23. The van der Waals surface area contributed by atoms with E-state index in [-0.39, 0.29) is 48.4 Å². The van der Waals surface area contributed by atoms with E-state index in [9.17, 15) is 18.0 Å². The second-order valence-electron chi connectivity index (χ2n) is 6.97. The smallest absolute Gasteiger partial charge is 0.267 e. The van der Waals surface area contributed by atoms with E-state index in [0.29, 0.717) is 31.1 Å². The lowest BCUT2D eigenvalue weighted by atomic mass is 10.1. The van der Waals surface area contributed by atoms with E-state index in [4.69, 9.17) is 9.47 Å². The van der Waals surface area contributed by atoms with Gasteiger partial charge in [0.2, 0.25) is 5.91 Å². The minimum Gasteiger partial charge on any atom is -0.486 e. The summed E-state index contributed by atoms with van der Waals surface area (Å²) in [6, 6.07) is 4.99. The zero-order valence-electron chi connectivity index (χ0n) is 15.2. The summed E-state index contributed by atoms with van der Waals surface area (Å²) in [6.07, 6.45) is 0.716. The molecule has 1 aromatic rings. The van der Waals surface area contributed by atoms with Crippen LogP contribution in [0.4, 0.5) is 0 Å². The molecule has 150 valence electrons. The van der Waals surface area contributed by atoms with E-state index in [0.717, 1.165) is 5.56 Å². The Kier molecular flexibility index (Phi) is 4.96. The van der Waals surface area contributed by atoms with Crippen LogP contribution in [-0.2, 0) is 26.0 Å². The molecule has 28 heavy (non-hydrogen) atoms. The highest BCUT2D eigenvalue weighted by molar-refractivity contribution is 7.91. The highest BCUT2D eigenvalue weighted by atomic mass is 32.2. The number of sulfone groups is 1. The predicted octanol–water partition coefficient (Wildman–Crippen LogP) is 0.239. The van der Waals surface area contributed by atoms with Crippen molar-refractivity contribution in [1.82, 2.24) is 10.3 Å². The molecular formula is C18H21N3O6S. The number of amides is 2. The summed E-state index contributed by atoms with van der Waals surface area (Å²) in [5.74, 6) is 0.568. The summed E-state index contributed by atoms with van der Waals surface area (Å²) in [5, 5.41) is 8.16. The van der Waals surface area contributed by atoms with Crippen LogP contribution in [0.25, 0.3) is 0 Å².